The smallest absolute Gasteiger partial charge is 0.319 e. The van der Waals surface area contributed by atoms with Crippen LogP contribution < -0.4 is 10.6 Å². The van der Waals surface area contributed by atoms with E-state index < -0.39 is 0 Å². The van der Waals surface area contributed by atoms with E-state index in [2.05, 4.69) is 29.4 Å². The Morgan fingerprint density at radius 1 is 1.16 bits per heavy atom. The molecule has 0 atom stereocenters. The lowest BCUT2D eigenvalue weighted by atomic mass is 10.2. The standard InChI is InChI=1S/C15H25N3O/c1-4-18(5-2)12-6-11-16-15(19)17-14-9-7-13(3)8-10-14/h7-10H,4-6,11-12H2,1-3H3,(H2,16,17,19). The fraction of sp³-hybridized carbons (Fsp3) is 0.533. The van der Waals surface area contributed by atoms with Gasteiger partial charge in [-0.25, -0.2) is 4.79 Å². The van der Waals surface area contributed by atoms with Crippen LogP contribution in [0, 0.1) is 6.92 Å². The molecular weight excluding hydrogens is 238 g/mol. The van der Waals surface area contributed by atoms with Crippen molar-refractivity contribution in [1.82, 2.24) is 10.2 Å². The minimum Gasteiger partial charge on any atom is -0.338 e. The summed E-state index contributed by atoms with van der Waals surface area (Å²) in [6, 6.07) is 7.64. The van der Waals surface area contributed by atoms with Crippen molar-refractivity contribution in [3.8, 4) is 0 Å². The molecule has 4 nitrogen and oxygen atoms in total. The molecule has 19 heavy (non-hydrogen) atoms. The van der Waals surface area contributed by atoms with E-state index in [0.717, 1.165) is 31.7 Å². The first-order valence-electron chi connectivity index (χ1n) is 6.99. The van der Waals surface area contributed by atoms with E-state index in [-0.39, 0.29) is 6.03 Å². The van der Waals surface area contributed by atoms with Gasteiger partial charge in [-0.15, -0.1) is 0 Å². The number of benzene rings is 1. The van der Waals surface area contributed by atoms with Crippen molar-refractivity contribution in [2.45, 2.75) is 27.2 Å². The van der Waals surface area contributed by atoms with Gasteiger partial charge in [-0.2, -0.15) is 0 Å². The zero-order chi connectivity index (χ0) is 14.1. The molecule has 0 radical (unpaired) electrons. The molecule has 0 unspecified atom stereocenters. The second-order valence-electron chi connectivity index (χ2n) is 4.63. The molecule has 0 saturated heterocycles. The molecule has 0 saturated carbocycles. The Kier molecular flexibility index (Phi) is 6.97. The average Bonchev–Trinajstić information content (AvgIpc) is 2.42. The zero-order valence-corrected chi connectivity index (χ0v) is 12.2. The summed E-state index contributed by atoms with van der Waals surface area (Å²) in [6.45, 7) is 10.2. The molecule has 0 heterocycles. The molecular formula is C15H25N3O. The lowest BCUT2D eigenvalue weighted by Crippen LogP contribution is -2.32. The summed E-state index contributed by atoms with van der Waals surface area (Å²) in [7, 11) is 0. The molecule has 106 valence electrons. The van der Waals surface area contributed by atoms with Crippen LogP contribution in [0.5, 0.6) is 0 Å². The third-order valence-corrected chi connectivity index (χ3v) is 3.14. The predicted molar refractivity (Wildman–Crippen MR) is 80.6 cm³/mol. The molecule has 1 rings (SSSR count). The lowest BCUT2D eigenvalue weighted by molar-refractivity contribution is 0.250. The van der Waals surface area contributed by atoms with Gasteiger partial charge in [-0.05, 0) is 45.1 Å². The minimum atomic E-state index is -0.136. The summed E-state index contributed by atoms with van der Waals surface area (Å²) < 4.78 is 0. The van der Waals surface area contributed by atoms with Gasteiger partial charge in [0.05, 0.1) is 0 Å². The van der Waals surface area contributed by atoms with E-state index in [9.17, 15) is 4.79 Å². The second kappa shape index (κ2) is 8.53. The van der Waals surface area contributed by atoms with Gasteiger partial charge in [-0.3, -0.25) is 0 Å². The number of anilines is 1. The summed E-state index contributed by atoms with van der Waals surface area (Å²) in [5, 5.41) is 5.69. The van der Waals surface area contributed by atoms with Crippen LogP contribution in [0.25, 0.3) is 0 Å². The lowest BCUT2D eigenvalue weighted by Gasteiger charge is -2.17. The third-order valence-electron chi connectivity index (χ3n) is 3.14. The van der Waals surface area contributed by atoms with E-state index in [0.29, 0.717) is 6.54 Å². The fourth-order valence-corrected chi connectivity index (χ4v) is 1.86. The Morgan fingerprint density at radius 3 is 2.37 bits per heavy atom. The maximum Gasteiger partial charge on any atom is 0.319 e. The third kappa shape index (κ3) is 6.25. The molecule has 4 heteroatoms. The van der Waals surface area contributed by atoms with Gasteiger partial charge in [0.2, 0.25) is 0 Å². The van der Waals surface area contributed by atoms with Gasteiger partial charge in [0.25, 0.3) is 0 Å². The van der Waals surface area contributed by atoms with Crippen molar-refractivity contribution in [3.63, 3.8) is 0 Å². The molecule has 1 aromatic carbocycles. The van der Waals surface area contributed by atoms with Crippen molar-refractivity contribution in [1.29, 1.82) is 0 Å². The van der Waals surface area contributed by atoms with Crippen molar-refractivity contribution in [2.75, 3.05) is 31.5 Å². The van der Waals surface area contributed by atoms with Gasteiger partial charge in [0, 0.05) is 12.2 Å². The van der Waals surface area contributed by atoms with Gasteiger partial charge in [0.1, 0.15) is 0 Å². The number of nitrogens with one attached hydrogen (secondary N) is 2. The van der Waals surface area contributed by atoms with Crippen molar-refractivity contribution >= 4 is 11.7 Å². The normalized spacial score (nSPS) is 10.5. The van der Waals surface area contributed by atoms with Gasteiger partial charge in [-0.1, -0.05) is 31.5 Å². The molecule has 0 bridgehead atoms. The summed E-state index contributed by atoms with van der Waals surface area (Å²) in [6.07, 6.45) is 0.975. The summed E-state index contributed by atoms with van der Waals surface area (Å²) in [5.74, 6) is 0. The Bertz CT molecular complexity index is 371. The first kappa shape index (κ1) is 15.5. The van der Waals surface area contributed by atoms with Crippen LogP contribution >= 0.6 is 0 Å². The van der Waals surface area contributed by atoms with E-state index in [1.807, 2.05) is 31.2 Å². The Morgan fingerprint density at radius 2 is 1.79 bits per heavy atom. The van der Waals surface area contributed by atoms with Crippen molar-refractivity contribution < 1.29 is 4.79 Å². The molecule has 0 aliphatic carbocycles. The van der Waals surface area contributed by atoms with Crippen LogP contribution in [-0.2, 0) is 0 Å². The maximum absolute atomic E-state index is 11.6. The van der Waals surface area contributed by atoms with E-state index >= 15 is 0 Å². The van der Waals surface area contributed by atoms with Gasteiger partial charge in [0.15, 0.2) is 0 Å². The highest BCUT2D eigenvalue weighted by Crippen LogP contribution is 2.07. The molecule has 0 aliphatic rings. The molecule has 0 spiro atoms. The van der Waals surface area contributed by atoms with Gasteiger partial charge >= 0.3 is 6.03 Å². The van der Waals surface area contributed by atoms with Crippen LogP contribution in [0.2, 0.25) is 0 Å². The molecule has 2 N–H and O–H groups in total. The number of nitrogens with zero attached hydrogens (tertiary/aromatic N) is 1. The van der Waals surface area contributed by atoms with Crippen molar-refractivity contribution in [2.24, 2.45) is 0 Å². The highest BCUT2D eigenvalue weighted by Gasteiger charge is 2.02. The minimum absolute atomic E-state index is 0.136. The van der Waals surface area contributed by atoms with E-state index in [1.54, 1.807) is 0 Å². The molecule has 0 aromatic heterocycles. The van der Waals surface area contributed by atoms with Crippen LogP contribution in [0.15, 0.2) is 24.3 Å². The number of hydrogen-bond acceptors (Lipinski definition) is 2. The van der Waals surface area contributed by atoms with E-state index in [4.69, 9.17) is 0 Å². The van der Waals surface area contributed by atoms with Crippen LogP contribution in [0.1, 0.15) is 25.8 Å². The maximum atomic E-state index is 11.6. The molecule has 1 aromatic rings. The van der Waals surface area contributed by atoms with Gasteiger partial charge < -0.3 is 15.5 Å². The van der Waals surface area contributed by atoms with Crippen LogP contribution in [0.3, 0.4) is 0 Å². The second-order valence-corrected chi connectivity index (χ2v) is 4.63. The number of aryl methyl sites for hydroxylation is 1. The largest absolute Gasteiger partial charge is 0.338 e. The van der Waals surface area contributed by atoms with Crippen LogP contribution in [0.4, 0.5) is 10.5 Å². The summed E-state index contributed by atoms with van der Waals surface area (Å²) >= 11 is 0. The number of carbonyl (C=O) groups is 1. The number of rotatable bonds is 7. The number of amides is 2. The number of hydrogen-bond donors (Lipinski definition) is 2. The van der Waals surface area contributed by atoms with Crippen LogP contribution in [-0.4, -0.2) is 37.1 Å². The Labute approximate surface area is 116 Å². The summed E-state index contributed by atoms with van der Waals surface area (Å²) in [4.78, 5) is 14.0. The predicted octanol–water partition coefficient (Wildman–Crippen LogP) is 2.85. The molecule has 0 aliphatic heterocycles. The fourth-order valence-electron chi connectivity index (χ4n) is 1.86. The Balaban J connectivity index is 2.19. The zero-order valence-electron chi connectivity index (χ0n) is 12.2. The first-order valence-corrected chi connectivity index (χ1v) is 6.99. The highest BCUT2D eigenvalue weighted by atomic mass is 16.2. The topological polar surface area (TPSA) is 44.4 Å². The van der Waals surface area contributed by atoms with E-state index in [1.165, 1.54) is 5.56 Å². The molecule has 0 fully saturated rings. The SMILES string of the molecule is CCN(CC)CCCNC(=O)Nc1ccc(C)cc1. The first-order chi connectivity index (χ1) is 9.15. The number of carbonyl (C=O) groups excluding carboxylic acids is 1. The Hall–Kier alpha value is -1.55. The average molecular weight is 263 g/mol. The monoisotopic (exact) mass is 263 g/mol. The molecule has 2 amide bonds. The highest BCUT2D eigenvalue weighted by molar-refractivity contribution is 5.89. The quantitative estimate of drug-likeness (QED) is 0.743. The van der Waals surface area contributed by atoms with Crippen molar-refractivity contribution in [3.05, 3.63) is 29.8 Å². The summed E-state index contributed by atoms with van der Waals surface area (Å²) in [5.41, 5.74) is 2.01. The number of urea groups is 1.